The fraction of sp³-hybridized carbons (Fsp3) is 0.889. The van der Waals surface area contributed by atoms with E-state index in [9.17, 15) is 9.59 Å². The molecular weight excluding hydrogens is 290 g/mol. The molecule has 2 saturated carbocycles. The van der Waals surface area contributed by atoms with Crippen LogP contribution in [0.4, 0.5) is 0 Å². The number of amides is 2. The highest BCUT2D eigenvalue weighted by molar-refractivity contribution is 5.80. The Labute approximate surface area is 139 Å². The summed E-state index contributed by atoms with van der Waals surface area (Å²) in [5.74, 6) is 0.999. The molecule has 0 unspecified atom stereocenters. The Morgan fingerprint density at radius 2 is 1.70 bits per heavy atom. The Bertz CT molecular complexity index is 426. The van der Waals surface area contributed by atoms with E-state index in [0.717, 1.165) is 58.2 Å². The fourth-order valence-corrected chi connectivity index (χ4v) is 4.39. The van der Waals surface area contributed by atoms with Gasteiger partial charge in [-0.1, -0.05) is 12.8 Å². The van der Waals surface area contributed by atoms with Crippen LogP contribution in [-0.4, -0.2) is 48.4 Å². The van der Waals surface area contributed by atoms with Crippen molar-refractivity contribution in [2.24, 2.45) is 11.8 Å². The van der Waals surface area contributed by atoms with Gasteiger partial charge in [-0.15, -0.1) is 0 Å². The first-order chi connectivity index (χ1) is 11.1. The molecule has 5 nitrogen and oxygen atoms in total. The molecule has 0 spiro atoms. The zero-order chi connectivity index (χ0) is 16.2. The average molecular weight is 321 g/mol. The summed E-state index contributed by atoms with van der Waals surface area (Å²) >= 11 is 0. The molecule has 0 aromatic carbocycles. The number of rotatable bonds is 3. The summed E-state index contributed by atoms with van der Waals surface area (Å²) in [7, 11) is 0. The highest BCUT2D eigenvalue weighted by Gasteiger charge is 2.33. The minimum absolute atomic E-state index is 0.162. The van der Waals surface area contributed by atoms with Crippen LogP contribution in [0.25, 0.3) is 0 Å². The van der Waals surface area contributed by atoms with Crippen molar-refractivity contribution in [1.29, 1.82) is 0 Å². The first-order valence-electron chi connectivity index (χ1n) is 9.46. The standard InChI is InChI=1S/C18H31N3O2/c1-13-12-19-10-11-21(13)18(23)15-6-8-16(9-7-15)20-17(22)14-4-2-3-5-14/h13-16,19H,2-12H2,1H3,(H,20,22)/t13-,15?,16?/m0/s1. The highest BCUT2D eigenvalue weighted by atomic mass is 16.2. The van der Waals surface area contributed by atoms with E-state index >= 15 is 0 Å². The van der Waals surface area contributed by atoms with Crippen molar-refractivity contribution < 1.29 is 9.59 Å². The SMILES string of the molecule is C[C@H]1CNCCN1C(=O)C1CCC(NC(=O)C2CCCC2)CC1. The van der Waals surface area contributed by atoms with E-state index in [1.54, 1.807) is 0 Å². The van der Waals surface area contributed by atoms with E-state index in [4.69, 9.17) is 0 Å². The molecule has 2 N–H and O–H groups in total. The van der Waals surface area contributed by atoms with Gasteiger partial charge in [0.15, 0.2) is 0 Å². The van der Waals surface area contributed by atoms with Crippen molar-refractivity contribution in [1.82, 2.24) is 15.5 Å². The Kier molecular flexibility index (Phi) is 5.57. The van der Waals surface area contributed by atoms with Crippen LogP contribution in [0.15, 0.2) is 0 Å². The molecule has 0 aromatic rings. The number of carbonyl (C=O) groups is 2. The molecule has 3 aliphatic rings. The highest BCUT2D eigenvalue weighted by Crippen LogP contribution is 2.29. The monoisotopic (exact) mass is 321 g/mol. The molecule has 1 aliphatic heterocycles. The predicted molar refractivity (Wildman–Crippen MR) is 89.9 cm³/mol. The third kappa shape index (κ3) is 4.06. The lowest BCUT2D eigenvalue weighted by atomic mass is 9.84. The van der Waals surface area contributed by atoms with Crippen LogP contribution in [-0.2, 0) is 9.59 Å². The number of nitrogens with one attached hydrogen (secondary N) is 2. The number of hydrogen-bond acceptors (Lipinski definition) is 3. The topological polar surface area (TPSA) is 61.4 Å². The molecule has 5 heteroatoms. The molecular formula is C18H31N3O2. The lowest BCUT2D eigenvalue weighted by Crippen LogP contribution is -2.54. The Hall–Kier alpha value is -1.10. The van der Waals surface area contributed by atoms with E-state index < -0.39 is 0 Å². The molecule has 0 aromatic heterocycles. The lowest BCUT2D eigenvalue weighted by molar-refractivity contribution is -0.139. The zero-order valence-corrected chi connectivity index (χ0v) is 14.4. The van der Waals surface area contributed by atoms with E-state index in [-0.39, 0.29) is 23.8 Å². The van der Waals surface area contributed by atoms with E-state index in [2.05, 4.69) is 22.5 Å². The summed E-state index contributed by atoms with van der Waals surface area (Å²) in [5, 5.41) is 6.57. The molecule has 3 fully saturated rings. The molecule has 1 heterocycles. The van der Waals surface area contributed by atoms with Crippen LogP contribution in [0.1, 0.15) is 58.3 Å². The number of hydrogen-bond donors (Lipinski definition) is 2. The van der Waals surface area contributed by atoms with Crippen molar-refractivity contribution in [3.05, 3.63) is 0 Å². The maximum atomic E-state index is 12.7. The van der Waals surface area contributed by atoms with Gasteiger partial charge in [0, 0.05) is 43.6 Å². The minimum Gasteiger partial charge on any atom is -0.353 e. The predicted octanol–water partition coefficient (Wildman–Crippen LogP) is 1.67. The number of carbonyl (C=O) groups excluding carboxylic acids is 2. The second-order valence-electron chi connectivity index (χ2n) is 7.62. The second kappa shape index (κ2) is 7.65. The fourth-order valence-electron chi connectivity index (χ4n) is 4.39. The van der Waals surface area contributed by atoms with Crippen molar-refractivity contribution in [2.75, 3.05) is 19.6 Å². The van der Waals surface area contributed by atoms with E-state index in [1.807, 2.05) is 0 Å². The third-order valence-electron chi connectivity index (χ3n) is 5.93. The van der Waals surface area contributed by atoms with Gasteiger partial charge >= 0.3 is 0 Å². The molecule has 0 radical (unpaired) electrons. The van der Waals surface area contributed by atoms with Gasteiger partial charge in [-0.2, -0.15) is 0 Å². The van der Waals surface area contributed by atoms with E-state index in [1.165, 1.54) is 12.8 Å². The lowest BCUT2D eigenvalue weighted by Gasteiger charge is -2.38. The van der Waals surface area contributed by atoms with Gasteiger partial charge < -0.3 is 15.5 Å². The quantitative estimate of drug-likeness (QED) is 0.831. The summed E-state index contributed by atoms with van der Waals surface area (Å²) in [6.07, 6.45) is 8.26. The van der Waals surface area contributed by atoms with Crippen LogP contribution < -0.4 is 10.6 Å². The molecule has 130 valence electrons. The van der Waals surface area contributed by atoms with Crippen molar-refractivity contribution >= 4 is 11.8 Å². The van der Waals surface area contributed by atoms with Crippen molar-refractivity contribution in [2.45, 2.75) is 70.4 Å². The van der Waals surface area contributed by atoms with Gasteiger partial charge in [-0.05, 0) is 45.4 Å². The number of nitrogens with zero attached hydrogens (tertiary/aromatic N) is 1. The first kappa shape index (κ1) is 16.7. The van der Waals surface area contributed by atoms with Crippen LogP contribution in [0.3, 0.4) is 0 Å². The Morgan fingerprint density at radius 3 is 2.35 bits per heavy atom. The van der Waals surface area contributed by atoms with Crippen molar-refractivity contribution in [3.63, 3.8) is 0 Å². The van der Waals surface area contributed by atoms with Crippen molar-refractivity contribution in [3.8, 4) is 0 Å². The van der Waals surface area contributed by atoms with Gasteiger partial charge in [-0.3, -0.25) is 9.59 Å². The molecule has 2 aliphatic carbocycles. The maximum Gasteiger partial charge on any atom is 0.226 e. The normalized spacial score (nSPS) is 32.7. The van der Waals surface area contributed by atoms with Gasteiger partial charge in [0.05, 0.1) is 0 Å². The molecule has 1 atom stereocenters. The summed E-state index contributed by atoms with van der Waals surface area (Å²) < 4.78 is 0. The summed E-state index contributed by atoms with van der Waals surface area (Å²) in [4.78, 5) is 27.0. The van der Waals surface area contributed by atoms with Gasteiger partial charge in [0.25, 0.3) is 0 Å². The van der Waals surface area contributed by atoms with Crippen LogP contribution in [0.5, 0.6) is 0 Å². The van der Waals surface area contributed by atoms with Gasteiger partial charge in [-0.25, -0.2) is 0 Å². The summed E-state index contributed by atoms with van der Waals surface area (Å²) in [6.45, 7) is 4.76. The summed E-state index contributed by atoms with van der Waals surface area (Å²) in [6, 6.07) is 0.587. The molecule has 1 saturated heterocycles. The van der Waals surface area contributed by atoms with Gasteiger partial charge in [0.2, 0.25) is 11.8 Å². The molecule has 23 heavy (non-hydrogen) atoms. The molecule has 2 amide bonds. The van der Waals surface area contributed by atoms with Crippen LogP contribution in [0.2, 0.25) is 0 Å². The Morgan fingerprint density at radius 1 is 1.00 bits per heavy atom. The maximum absolute atomic E-state index is 12.7. The minimum atomic E-state index is 0.162. The smallest absolute Gasteiger partial charge is 0.226 e. The average Bonchev–Trinajstić information content (AvgIpc) is 3.10. The summed E-state index contributed by atoms with van der Waals surface area (Å²) in [5.41, 5.74) is 0. The van der Waals surface area contributed by atoms with Gasteiger partial charge in [0.1, 0.15) is 0 Å². The first-order valence-corrected chi connectivity index (χ1v) is 9.46. The second-order valence-corrected chi connectivity index (χ2v) is 7.62. The molecule has 3 rings (SSSR count). The largest absolute Gasteiger partial charge is 0.353 e. The van der Waals surface area contributed by atoms with Crippen LogP contribution in [0, 0.1) is 11.8 Å². The molecule has 0 bridgehead atoms. The number of piperazine rings is 1. The van der Waals surface area contributed by atoms with Crippen LogP contribution >= 0.6 is 0 Å². The van der Waals surface area contributed by atoms with E-state index in [0.29, 0.717) is 11.9 Å². The Balaban J connectivity index is 1.44. The third-order valence-corrected chi connectivity index (χ3v) is 5.93. The zero-order valence-electron chi connectivity index (χ0n) is 14.4.